The van der Waals surface area contributed by atoms with E-state index in [1.807, 2.05) is 24.3 Å². The second kappa shape index (κ2) is 6.59. The van der Waals surface area contributed by atoms with Crippen molar-refractivity contribution in [2.24, 2.45) is 0 Å². The van der Waals surface area contributed by atoms with Crippen molar-refractivity contribution >= 4 is 11.6 Å². The Labute approximate surface area is 149 Å². The first-order chi connectivity index (χ1) is 12.7. The second-order valence-corrected chi connectivity index (χ2v) is 6.04. The van der Waals surface area contributed by atoms with Crippen molar-refractivity contribution in [3.63, 3.8) is 0 Å². The lowest BCUT2D eigenvalue weighted by molar-refractivity contribution is -0.117. The zero-order valence-electron chi connectivity index (χ0n) is 14.1. The summed E-state index contributed by atoms with van der Waals surface area (Å²) >= 11 is 0. The van der Waals surface area contributed by atoms with E-state index >= 15 is 0 Å². The Hall–Kier alpha value is -3.22. The molecule has 132 valence electrons. The lowest BCUT2D eigenvalue weighted by atomic mass is 10.1. The molecule has 1 unspecified atom stereocenters. The van der Waals surface area contributed by atoms with Crippen LogP contribution < -0.4 is 9.64 Å². The van der Waals surface area contributed by atoms with Crippen molar-refractivity contribution in [2.45, 2.75) is 12.3 Å². The lowest BCUT2D eigenvalue weighted by Gasteiger charge is -2.18. The number of nitrogens with zero attached hydrogens (tertiary/aromatic N) is 3. The summed E-state index contributed by atoms with van der Waals surface area (Å²) in [6.45, 7) is 0.435. The highest BCUT2D eigenvalue weighted by Crippen LogP contribution is 2.36. The predicted octanol–water partition coefficient (Wildman–Crippen LogP) is 3.40. The van der Waals surface area contributed by atoms with Crippen LogP contribution >= 0.6 is 0 Å². The Balaban J connectivity index is 1.57. The zero-order valence-corrected chi connectivity index (χ0v) is 14.1. The van der Waals surface area contributed by atoms with Gasteiger partial charge in [-0.15, -0.1) is 0 Å². The Morgan fingerprint density at radius 2 is 1.96 bits per heavy atom. The molecule has 7 heteroatoms. The summed E-state index contributed by atoms with van der Waals surface area (Å²) in [4.78, 5) is 18.5. The molecule has 1 aliphatic heterocycles. The molecule has 1 saturated heterocycles. The predicted molar refractivity (Wildman–Crippen MR) is 92.4 cm³/mol. The first kappa shape index (κ1) is 16.3. The molecule has 6 nitrogen and oxygen atoms in total. The maximum atomic E-state index is 13.0. The number of hydrogen-bond donors (Lipinski definition) is 0. The Kier molecular flexibility index (Phi) is 4.12. The summed E-state index contributed by atoms with van der Waals surface area (Å²) in [7, 11) is 1.57. The van der Waals surface area contributed by atoms with Gasteiger partial charge in [0.1, 0.15) is 11.6 Å². The molecule has 1 amide bonds. The highest BCUT2D eigenvalue weighted by Gasteiger charge is 2.36. The first-order valence-electron chi connectivity index (χ1n) is 8.18. The molecule has 3 aromatic rings. The van der Waals surface area contributed by atoms with Crippen LogP contribution in [0.25, 0.3) is 11.4 Å². The Bertz CT molecular complexity index is 939. The van der Waals surface area contributed by atoms with Crippen LogP contribution in [0, 0.1) is 5.82 Å². The number of para-hydroxylation sites is 2. The van der Waals surface area contributed by atoms with E-state index in [0.717, 1.165) is 5.69 Å². The third-order valence-electron chi connectivity index (χ3n) is 4.39. The number of hydrogen-bond acceptors (Lipinski definition) is 5. The molecule has 0 aliphatic carbocycles. The number of carbonyl (C=O) groups is 1. The van der Waals surface area contributed by atoms with Crippen LogP contribution in [0.15, 0.2) is 53.1 Å². The normalized spacial score (nSPS) is 16.9. The SMILES string of the molecule is COc1ccccc1N1CC(c2nc(-c3ccc(F)cc3)no2)CC1=O. The maximum Gasteiger partial charge on any atom is 0.232 e. The molecule has 0 saturated carbocycles. The van der Waals surface area contributed by atoms with Crippen molar-refractivity contribution in [2.75, 3.05) is 18.6 Å². The molecule has 0 bridgehead atoms. The van der Waals surface area contributed by atoms with Gasteiger partial charge < -0.3 is 14.2 Å². The van der Waals surface area contributed by atoms with Gasteiger partial charge in [0.25, 0.3) is 0 Å². The van der Waals surface area contributed by atoms with E-state index in [0.29, 0.717) is 29.6 Å². The van der Waals surface area contributed by atoms with Gasteiger partial charge in [-0.05, 0) is 36.4 Å². The van der Waals surface area contributed by atoms with Gasteiger partial charge in [-0.1, -0.05) is 17.3 Å². The summed E-state index contributed by atoms with van der Waals surface area (Å²) in [5.41, 5.74) is 1.38. The van der Waals surface area contributed by atoms with Crippen LogP contribution in [-0.4, -0.2) is 29.7 Å². The fourth-order valence-corrected chi connectivity index (χ4v) is 3.08. The van der Waals surface area contributed by atoms with Crippen LogP contribution in [0.4, 0.5) is 10.1 Å². The molecule has 1 aromatic heterocycles. The number of halogens is 1. The van der Waals surface area contributed by atoms with Crippen LogP contribution in [0.2, 0.25) is 0 Å². The highest BCUT2D eigenvalue weighted by molar-refractivity contribution is 5.97. The van der Waals surface area contributed by atoms with E-state index < -0.39 is 0 Å². The van der Waals surface area contributed by atoms with Crippen LogP contribution in [0.1, 0.15) is 18.2 Å². The van der Waals surface area contributed by atoms with Crippen molar-refractivity contribution < 1.29 is 18.4 Å². The number of carbonyl (C=O) groups excluding carboxylic acids is 1. The summed E-state index contributed by atoms with van der Waals surface area (Å²) < 4.78 is 23.7. The molecule has 0 N–H and O–H groups in total. The first-order valence-corrected chi connectivity index (χ1v) is 8.18. The number of ether oxygens (including phenoxy) is 1. The van der Waals surface area contributed by atoms with E-state index in [9.17, 15) is 9.18 Å². The minimum atomic E-state index is -0.327. The zero-order chi connectivity index (χ0) is 18.1. The molecule has 1 fully saturated rings. The summed E-state index contributed by atoms with van der Waals surface area (Å²) in [5, 5.41) is 3.95. The average Bonchev–Trinajstić information content (AvgIpc) is 3.29. The lowest BCUT2D eigenvalue weighted by Crippen LogP contribution is -2.24. The maximum absolute atomic E-state index is 13.0. The summed E-state index contributed by atoms with van der Waals surface area (Å²) in [6, 6.07) is 13.2. The molecule has 1 atom stereocenters. The Morgan fingerprint density at radius 1 is 1.19 bits per heavy atom. The number of rotatable bonds is 4. The molecule has 2 heterocycles. The topological polar surface area (TPSA) is 68.5 Å². The minimum absolute atomic E-state index is 0.0268. The van der Waals surface area contributed by atoms with Gasteiger partial charge in [-0.3, -0.25) is 4.79 Å². The molecule has 0 spiro atoms. The number of aromatic nitrogens is 2. The van der Waals surface area contributed by atoms with Gasteiger partial charge in [0, 0.05) is 18.5 Å². The summed E-state index contributed by atoms with van der Waals surface area (Å²) in [6.07, 6.45) is 0.281. The number of benzene rings is 2. The third-order valence-corrected chi connectivity index (χ3v) is 4.39. The molecular formula is C19H16FN3O3. The van der Waals surface area contributed by atoms with Crippen LogP contribution in [0.3, 0.4) is 0 Å². The minimum Gasteiger partial charge on any atom is -0.495 e. The quantitative estimate of drug-likeness (QED) is 0.719. The number of anilines is 1. The fourth-order valence-electron chi connectivity index (χ4n) is 3.08. The fraction of sp³-hybridized carbons (Fsp3) is 0.211. The van der Waals surface area contributed by atoms with Gasteiger partial charge in [-0.2, -0.15) is 4.98 Å². The van der Waals surface area contributed by atoms with Gasteiger partial charge in [0.2, 0.25) is 17.6 Å². The molecular weight excluding hydrogens is 337 g/mol. The summed E-state index contributed by atoms with van der Waals surface area (Å²) in [5.74, 6) is 0.860. The van der Waals surface area contributed by atoms with Crippen molar-refractivity contribution in [1.29, 1.82) is 0 Å². The van der Waals surface area contributed by atoms with Crippen molar-refractivity contribution in [3.05, 3.63) is 60.2 Å². The number of amides is 1. The molecule has 2 aromatic carbocycles. The smallest absolute Gasteiger partial charge is 0.232 e. The van der Waals surface area contributed by atoms with E-state index in [2.05, 4.69) is 10.1 Å². The molecule has 26 heavy (non-hydrogen) atoms. The molecule has 4 rings (SSSR count). The largest absolute Gasteiger partial charge is 0.495 e. The van der Waals surface area contributed by atoms with E-state index in [1.165, 1.54) is 12.1 Å². The van der Waals surface area contributed by atoms with E-state index in [-0.39, 0.29) is 24.1 Å². The van der Waals surface area contributed by atoms with Gasteiger partial charge >= 0.3 is 0 Å². The Morgan fingerprint density at radius 3 is 2.73 bits per heavy atom. The number of methoxy groups -OCH3 is 1. The second-order valence-electron chi connectivity index (χ2n) is 6.04. The van der Waals surface area contributed by atoms with Crippen LogP contribution in [0.5, 0.6) is 5.75 Å². The third kappa shape index (κ3) is 2.92. The standard InChI is InChI=1S/C19H16FN3O3/c1-25-16-5-3-2-4-15(16)23-11-13(10-17(23)24)19-21-18(22-26-19)12-6-8-14(20)9-7-12/h2-9,13H,10-11H2,1H3. The van der Waals surface area contributed by atoms with Gasteiger partial charge in [0.15, 0.2) is 0 Å². The van der Waals surface area contributed by atoms with E-state index in [1.54, 1.807) is 24.1 Å². The highest BCUT2D eigenvalue weighted by atomic mass is 19.1. The molecule has 0 radical (unpaired) electrons. The molecule has 1 aliphatic rings. The monoisotopic (exact) mass is 353 g/mol. The van der Waals surface area contributed by atoms with Crippen LogP contribution in [-0.2, 0) is 4.79 Å². The van der Waals surface area contributed by atoms with E-state index in [4.69, 9.17) is 9.26 Å². The van der Waals surface area contributed by atoms with Gasteiger partial charge in [0.05, 0.1) is 18.7 Å². The van der Waals surface area contributed by atoms with Crippen molar-refractivity contribution in [1.82, 2.24) is 10.1 Å². The van der Waals surface area contributed by atoms with Gasteiger partial charge in [-0.25, -0.2) is 4.39 Å². The van der Waals surface area contributed by atoms with Crippen molar-refractivity contribution in [3.8, 4) is 17.1 Å². The average molecular weight is 353 g/mol.